The number of aliphatic hydroxyl groups excluding tert-OH is 8. The molecule has 4 fully saturated rings. The number of nitrogens with two attached hydrogens (primary N) is 2. The summed E-state index contributed by atoms with van der Waals surface area (Å²) in [5.74, 6) is 2.05. The van der Waals surface area contributed by atoms with Gasteiger partial charge in [-0.1, -0.05) is 24.3 Å². The minimum absolute atomic E-state index is 0.227. The Kier molecular flexibility index (Phi) is 23.8. The van der Waals surface area contributed by atoms with Gasteiger partial charge in [-0.05, 0) is 223 Å². The van der Waals surface area contributed by atoms with Crippen LogP contribution in [0.3, 0.4) is 0 Å². The van der Waals surface area contributed by atoms with Crippen LogP contribution in [-0.2, 0) is 51.7 Å². The Labute approximate surface area is 713 Å². The largest absolute Gasteiger partial charge is 0.487 e. The Morgan fingerprint density at radius 1 is 0.463 bits per heavy atom. The van der Waals surface area contributed by atoms with Crippen molar-refractivity contribution in [2.75, 3.05) is 38.1 Å². The fraction of sp³-hybridized carbons (Fsp3) is 0.422. The van der Waals surface area contributed by atoms with E-state index in [9.17, 15) is 54.9 Å². The molecule has 0 spiro atoms. The van der Waals surface area contributed by atoms with Crippen LogP contribution in [0.2, 0.25) is 0 Å². The number of nitrogens with zero attached hydrogens (tertiary/aromatic N) is 11. The van der Waals surface area contributed by atoms with Crippen molar-refractivity contribution in [1.29, 1.82) is 5.26 Å². The molecule has 0 saturated heterocycles. The van der Waals surface area contributed by atoms with Crippen molar-refractivity contribution in [3.8, 4) is 29.1 Å². The molecule has 0 bridgehead atoms. The van der Waals surface area contributed by atoms with E-state index in [4.69, 9.17) is 30.4 Å². The number of nitrogens with one attached hydrogen (secondary N) is 2. The highest BCUT2D eigenvalue weighted by atomic mass is 79.9. The van der Waals surface area contributed by atoms with Crippen LogP contribution >= 0.6 is 31.9 Å². The first-order valence-electron chi connectivity index (χ1n) is 41.3. The van der Waals surface area contributed by atoms with E-state index in [2.05, 4.69) is 117 Å². The predicted octanol–water partition coefficient (Wildman–Crippen LogP) is 10.2. The number of pyridine rings is 3. The lowest BCUT2D eigenvalue weighted by Crippen LogP contribution is -2.35. The molecule has 11 heterocycles. The second-order valence-corrected chi connectivity index (χ2v) is 35.2. The number of benzene rings is 4. The zero-order valence-corrected chi connectivity index (χ0v) is 70.8. The molecule has 4 saturated carbocycles. The van der Waals surface area contributed by atoms with Crippen LogP contribution in [0.15, 0.2) is 131 Å². The first kappa shape index (κ1) is 83.5. The molecule has 5 aliphatic carbocycles. The molecule has 20 rings (SSSR count). The minimum atomic E-state index is -1.11. The number of nitriles is 1. The summed E-state index contributed by atoms with van der Waals surface area (Å²) in [6.07, 6.45) is 10.6. The second kappa shape index (κ2) is 34.5. The number of hydrogen-bond acceptors (Lipinski definition) is 23. The molecular weight excluding hydrogens is 1680 g/mol. The molecule has 31 heteroatoms. The number of halogens is 4. The van der Waals surface area contributed by atoms with E-state index in [0.717, 1.165) is 153 Å². The molecule has 14 N–H and O–H groups in total. The number of fused-ring (bicyclic) bond motifs is 8. The summed E-state index contributed by atoms with van der Waals surface area (Å²) in [6.45, 7) is 12.8. The van der Waals surface area contributed by atoms with E-state index in [1.54, 1.807) is 39.7 Å². The van der Waals surface area contributed by atoms with Gasteiger partial charge in [-0.3, -0.25) is 0 Å². The van der Waals surface area contributed by atoms with Gasteiger partial charge in [0, 0.05) is 127 Å². The van der Waals surface area contributed by atoms with E-state index < -0.39 is 97.2 Å². The van der Waals surface area contributed by atoms with Crippen molar-refractivity contribution < 1.29 is 68.6 Å². The lowest BCUT2D eigenvalue weighted by molar-refractivity contribution is -0.0167. The van der Waals surface area contributed by atoms with Gasteiger partial charge in [0.15, 0.2) is 11.6 Å². The zero-order valence-electron chi connectivity index (χ0n) is 67.6. The lowest BCUT2D eigenvalue weighted by atomic mass is 9.89. The van der Waals surface area contributed by atoms with Crippen LogP contribution < -0.4 is 41.0 Å². The molecule has 0 amide bonds. The van der Waals surface area contributed by atoms with E-state index in [1.807, 2.05) is 66.6 Å². The number of aliphatic hydroxyl groups is 8. The van der Waals surface area contributed by atoms with Gasteiger partial charge in [-0.15, -0.1) is 0 Å². The van der Waals surface area contributed by atoms with Crippen LogP contribution in [0.5, 0.6) is 23.0 Å². The fourth-order valence-electron chi connectivity index (χ4n) is 19.3. The van der Waals surface area contributed by atoms with Crippen molar-refractivity contribution in [2.24, 2.45) is 0 Å². The molecule has 8 aliphatic rings. The van der Waals surface area contributed by atoms with Crippen molar-refractivity contribution >= 4 is 87.4 Å². The number of ether oxygens (including phenoxy) is 4. The third kappa shape index (κ3) is 16.0. The van der Waals surface area contributed by atoms with Gasteiger partial charge in [-0.2, -0.15) is 5.26 Å². The summed E-state index contributed by atoms with van der Waals surface area (Å²) in [7, 11) is 2.08. The molecule has 16 atom stereocenters. The standard InChI is InChI=1S/C23H26BrN3O3.C23H26FN3O3.C22H22BrN5O3.C22H25FN4O3/c1-12-7-14-5-3-4-6-15(14)18(8-12)30-19-9-17(21(28)22(19)29)27-10-16(24)20-13(2)25-11-26-23(20)27;1-12-7-14-4-5-25-10-15(14)18(8-12)30-19-9-17(21(28)22(19)29)27-11-16(24)20-13(2)3-6-26-23(20)27;23-14-10-28(22-19(14)15(25)2-4-27-22)16-7-18(21(30)20(16)29)31-17-6-11(8-24)5-12-1-3-26-9-13(12)17;1-26-8-6-13-12(10-26)3-2-4-17(13)30-18-9-16(20(28)21(18)29)27-11-14(23)19-15(24)5-7-25-22(19)27/h7-8,10-11,17,19,21-22,28-29H,3-6,9H2,1-2H3;3,6-8,11,17,19,21-22,25,28-29H,4-5,9-10H2,1-2H3;2,4-6,10,16,18,20-21,26,29-30H,1,3,7,9H2,(H2,25,27);2-5,7,11,16,18,20-21,28-29H,6,8-10H2,1H3,(H2,24,25)/t2*17?,19?,21-,22+;2*16?,18?,20-,21+/m0000/s1. The average molecular weight is 1780 g/mol. The van der Waals surface area contributed by atoms with Gasteiger partial charge < -0.3 is 105 Å². The van der Waals surface area contributed by atoms with Crippen molar-refractivity contribution in [1.82, 2.24) is 58.7 Å². The number of hydrogen-bond donors (Lipinski definition) is 12. The first-order valence-corrected chi connectivity index (χ1v) is 42.9. The summed E-state index contributed by atoms with van der Waals surface area (Å²) in [5, 5.41) is 105. The number of aromatic nitrogens is 9. The maximum atomic E-state index is 14.6. The summed E-state index contributed by atoms with van der Waals surface area (Å²) in [5.41, 5.74) is 29.0. The van der Waals surface area contributed by atoms with Gasteiger partial charge in [-0.25, -0.2) is 33.7 Å². The van der Waals surface area contributed by atoms with E-state index in [1.165, 1.54) is 65.2 Å². The molecule has 8 aromatic heterocycles. The number of nitrogen functional groups attached to an aromatic ring is 2. The topological polar surface area (TPSA) is 386 Å². The molecule has 27 nitrogen and oxygen atoms in total. The second-order valence-electron chi connectivity index (χ2n) is 33.4. The molecule has 8 unspecified atom stereocenters. The van der Waals surface area contributed by atoms with Crippen LogP contribution in [0.4, 0.5) is 20.2 Å². The van der Waals surface area contributed by atoms with E-state index >= 15 is 0 Å². The minimum Gasteiger partial charge on any atom is -0.487 e. The van der Waals surface area contributed by atoms with Crippen LogP contribution in [0.25, 0.3) is 44.1 Å². The quantitative estimate of drug-likeness (QED) is 0.0541. The molecule has 4 aromatic carbocycles. The number of aryl methyl sites for hydroxylation is 5. The average Bonchev–Trinajstić information content (AvgIpc) is 1.58. The summed E-state index contributed by atoms with van der Waals surface area (Å²) >= 11 is 7.12. The number of likely N-dealkylation sites (N-methyl/N-ethyl adjacent to an activating group) is 1. The third-order valence-corrected chi connectivity index (χ3v) is 26.8. The van der Waals surface area contributed by atoms with Crippen LogP contribution in [0.1, 0.15) is 135 Å². The Morgan fingerprint density at radius 2 is 0.901 bits per heavy atom. The Morgan fingerprint density at radius 3 is 1.45 bits per heavy atom. The highest BCUT2D eigenvalue weighted by Gasteiger charge is 2.49. The fourth-order valence-corrected chi connectivity index (χ4v) is 20.7. The first-order chi connectivity index (χ1) is 58.3. The Balaban J connectivity index is 0.000000115. The van der Waals surface area contributed by atoms with Crippen LogP contribution in [-0.4, -0.2) is 189 Å². The van der Waals surface area contributed by atoms with E-state index in [0.29, 0.717) is 71.6 Å². The van der Waals surface area contributed by atoms with Gasteiger partial charge in [0.1, 0.15) is 125 Å². The van der Waals surface area contributed by atoms with Crippen molar-refractivity contribution in [3.05, 3.63) is 216 Å². The molecular formula is C90H99Br2F2N15O12. The molecule has 121 heavy (non-hydrogen) atoms. The number of rotatable bonds is 12. The van der Waals surface area contributed by atoms with Gasteiger partial charge in [0.25, 0.3) is 0 Å². The maximum Gasteiger partial charge on any atom is 0.152 e. The van der Waals surface area contributed by atoms with Crippen molar-refractivity contribution in [3.63, 3.8) is 0 Å². The monoisotopic (exact) mass is 1780 g/mol. The van der Waals surface area contributed by atoms with Gasteiger partial charge in [0.05, 0.1) is 63.0 Å². The Hall–Kier alpha value is -9.76. The Bertz CT molecular complexity index is 5780. The molecule has 634 valence electrons. The van der Waals surface area contributed by atoms with Crippen LogP contribution in [0, 0.1) is 50.7 Å². The highest BCUT2D eigenvalue weighted by molar-refractivity contribution is 9.11. The molecule has 0 radical (unpaired) electrons. The smallest absolute Gasteiger partial charge is 0.152 e. The zero-order chi connectivity index (χ0) is 84.7. The maximum absolute atomic E-state index is 14.6. The van der Waals surface area contributed by atoms with Gasteiger partial charge >= 0.3 is 0 Å². The SMILES string of the molecule is CN1CCc2c(cccc2OC2CC(n3cc(F)c4c(N)ccnc43)[C@H](O)[C@@H]2O)C1.Cc1cc2c(c(OC3CC(n4cc(Br)c5c(C)ncnc54)[C@H](O)[C@@H]3O)c1)CCCC2.Cc1cc2c(c(OC3CC(n4cc(F)c5c(C)ccnc54)[C@H](O)[C@@H]3O)c1)CNCC2.N#Cc1cc2c(c(OC3CC(n4cc(Br)c5c(N)ccnc54)[C@H](O)[C@@H]3O)c1)CNCC2. The number of anilines is 2. The lowest BCUT2D eigenvalue weighted by Gasteiger charge is -2.28. The highest BCUT2D eigenvalue weighted by Crippen LogP contribution is 2.46. The van der Waals surface area contributed by atoms with Gasteiger partial charge in [0.2, 0.25) is 0 Å². The molecule has 12 aromatic rings. The predicted molar refractivity (Wildman–Crippen MR) is 458 cm³/mol. The van der Waals surface area contributed by atoms with Crippen molar-refractivity contribution in [2.45, 2.75) is 215 Å². The normalized spacial score (nSPS) is 26.1. The summed E-state index contributed by atoms with van der Waals surface area (Å²) in [4.78, 5) is 24.0. The van der Waals surface area contributed by atoms with E-state index in [-0.39, 0.29) is 22.9 Å². The summed E-state index contributed by atoms with van der Waals surface area (Å²) < 4.78 is 62.8. The molecule has 3 aliphatic heterocycles. The third-order valence-electron chi connectivity index (χ3n) is 25.6. The summed E-state index contributed by atoms with van der Waals surface area (Å²) in [6, 6.07) is 23.4.